The molecule has 0 saturated heterocycles. The maximum atomic E-state index is 12.2. The third-order valence-corrected chi connectivity index (χ3v) is 3.25. The largest absolute Gasteiger partial charge is 0.351 e. The Bertz CT molecular complexity index is 945. The Morgan fingerprint density at radius 3 is 2.52 bits per heavy atom. The van der Waals surface area contributed by atoms with E-state index in [0.29, 0.717) is 16.7 Å². The molecule has 0 radical (unpaired) electrons. The van der Waals surface area contributed by atoms with Crippen LogP contribution in [0.2, 0.25) is 0 Å². The lowest BCUT2D eigenvalue weighted by molar-refractivity contribution is 0.252. The Kier molecular flexibility index (Phi) is 3.88. The van der Waals surface area contributed by atoms with Crippen molar-refractivity contribution in [3.8, 4) is 0 Å². The zero-order valence-corrected chi connectivity index (χ0v) is 12.1. The van der Waals surface area contributed by atoms with E-state index in [4.69, 9.17) is 5.73 Å². The Hall–Kier alpha value is -3.41. The van der Waals surface area contributed by atoms with E-state index in [1.54, 1.807) is 24.3 Å². The summed E-state index contributed by atoms with van der Waals surface area (Å²) in [6.07, 6.45) is 1.51. The number of carbonyl (C=O) groups is 1. The van der Waals surface area contributed by atoms with E-state index < -0.39 is 6.03 Å². The Balaban J connectivity index is 2.14. The number of urea groups is 1. The van der Waals surface area contributed by atoms with Crippen molar-refractivity contribution in [1.29, 1.82) is 0 Å². The molecule has 1 heterocycles. The van der Waals surface area contributed by atoms with Crippen LogP contribution < -0.4 is 16.6 Å². The van der Waals surface area contributed by atoms with Gasteiger partial charge in [0.05, 0.1) is 16.7 Å². The molecule has 6 nitrogen and oxygen atoms in total. The highest BCUT2D eigenvalue weighted by Crippen LogP contribution is 2.14. The minimum Gasteiger partial charge on any atom is -0.351 e. The molecule has 0 aliphatic carbocycles. The van der Waals surface area contributed by atoms with Crippen LogP contribution in [0.1, 0.15) is 11.3 Å². The van der Waals surface area contributed by atoms with Gasteiger partial charge in [-0.2, -0.15) is 0 Å². The first-order chi connectivity index (χ1) is 11.1. The number of nitrogens with one attached hydrogen (secondary N) is 2. The van der Waals surface area contributed by atoms with E-state index in [1.165, 1.54) is 6.08 Å². The number of fused-ring (bicyclic) bond motifs is 1. The summed E-state index contributed by atoms with van der Waals surface area (Å²) in [4.78, 5) is 30.5. The first-order valence-corrected chi connectivity index (χ1v) is 6.96. The van der Waals surface area contributed by atoms with Crippen molar-refractivity contribution in [2.24, 2.45) is 5.73 Å². The summed E-state index contributed by atoms with van der Waals surface area (Å²) in [6, 6.07) is 15.6. The lowest BCUT2D eigenvalue weighted by atomic mass is 10.1. The van der Waals surface area contributed by atoms with E-state index in [-0.39, 0.29) is 11.3 Å². The lowest BCUT2D eigenvalue weighted by Crippen LogP contribution is -2.28. The third kappa shape index (κ3) is 3.26. The van der Waals surface area contributed by atoms with E-state index in [1.807, 2.05) is 30.3 Å². The number of hydrogen-bond donors (Lipinski definition) is 3. The molecule has 0 atom stereocenters. The molecule has 0 bridgehead atoms. The van der Waals surface area contributed by atoms with Crippen molar-refractivity contribution in [3.63, 3.8) is 0 Å². The van der Waals surface area contributed by atoms with E-state index >= 15 is 0 Å². The molecular formula is C17H14N4O2. The van der Waals surface area contributed by atoms with Gasteiger partial charge < -0.3 is 16.0 Å². The zero-order chi connectivity index (χ0) is 16.2. The minimum absolute atomic E-state index is 0.191. The highest BCUT2D eigenvalue weighted by Gasteiger charge is 2.08. The summed E-state index contributed by atoms with van der Waals surface area (Å²) >= 11 is 0. The molecule has 1 aromatic heterocycles. The number of aromatic nitrogens is 2. The molecule has 0 unspecified atom stereocenters. The van der Waals surface area contributed by atoms with Crippen LogP contribution in [0, 0.1) is 0 Å². The smallest absolute Gasteiger partial charge is 0.316 e. The molecule has 2 amide bonds. The maximum absolute atomic E-state index is 12.2. The Morgan fingerprint density at radius 1 is 1.09 bits per heavy atom. The summed E-state index contributed by atoms with van der Waals surface area (Å²) in [5, 5.41) is 2.53. The van der Waals surface area contributed by atoms with Gasteiger partial charge in [-0.25, -0.2) is 9.78 Å². The topological polar surface area (TPSA) is 101 Å². The standard InChI is InChI=1S/C17H14N4O2/c18-17(23)21-14(11-6-2-1-3-7-11)10-15-16(22)20-13-9-5-4-8-12(13)19-15/h1-10H,(H,20,22)(H3,18,21,23)/b14-10+. The fourth-order valence-electron chi connectivity index (χ4n) is 2.22. The number of rotatable bonds is 3. The highest BCUT2D eigenvalue weighted by molar-refractivity contribution is 5.91. The van der Waals surface area contributed by atoms with E-state index in [0.717, 1.165) is 5.56 Å². The normalized spacial score (nSPS) is 11.4. The average molecular weight is 306 g/mol. The van der Waals surface area contributed by atoms with Gasteiger partial charge in [0, 0.05) is 0 Å². The molecule has 114 valence electrons. The van der Waals surface area contributed by atoms with Crippen LogP contribution in [-0.4, -0.2) is 16.0 Å². The van der Waals surface area contributed by atoms with Gasteiger partial charge in [0.2, 0.25) is 0 Å². The maximum Gasteiger partial charge on any atom is 0.316 e. The Morgan fingerprint density at radius 2 is 1.78 bits per heavy atom. The molecule has 3 aromatic rings. The number of amides is 2. The van der Waals surface area contributed by atoms with Crippen molar-refractivity contribution in [2.75, 3.05) is 0 Å². The van der Waals surface area contributed by atoms with Crippen molar-refractivity contribution in [2.45, 2.75) is 0 Å². The Labute approximate surface area is 131 Å². The van der Waals surface area contributed by atoms with Gasteiger partial charge in [-0.15, -0.1) is 0 Å². The fourth-order valence-corrected chi connectivity index (χ4v) is 2.22. The second-order valence-electron chi connectivity index (χ2n) is 4.88. The summed E-state index contributed by atoms with van der Waals surface area (Å²) in [7, 11) is 0. The van der Waals surface area contributed by atoms with E-state index in [9.17, 15) is 9.59 Å². The molecule has 6 heteroatoms. The molecule has 3 rings (SSSR count). The van der Waals surface area contributed by atoms with Crippen LogP contribution in [0.25, 0.3) is 22.8 Å². The number of hydrogen-bond acceptors (Lipinski definition) is 3. The van der Waals surface area contributed by atoms with Gasteiger partial charge in [-0.05, 0) is 23.8 Å². The number of H-pyrrole nitrogens is 1. The zero-order valence-electron chi connectivity index (χ0n) is 12.1. The van der Waals surface area contributed by atoms with E-state index in [2.05, 4.69) is 15.3 Å². The summed E-state index contributed by atoms with van der Waals surface area (Å²) in [6.45, 7) is 0. The number of primary amides is 1. The molecule has 0 fully saturated rings. The van der Waals surface area contributed by atoms with Crippen LogP contribution >= 0.6 is 0 Å². The van der Waals surface area contributed by atoms with Crippen LogP contribution in [0.15, 0.2) is 59.4 Å². The number of nitrogens with zero attached hydrogens (tertiary/aromatic N) is 1. The second kappa shape index (κ2) is 6.15. The third-order valence-electron chi connectivity index (χ3n) is 3.25. The first-order valence-electron chi connectivity index (χ1n) is 6.96. The number of para-hydroxylation sites is 2. The second-order valence-corrected chi connectivity index (χ2v) is 4.88. The van der Waals surface area contributed by atoms with Gasteiger partial charge in [-0.1, -0.05) is 42.5 Å². The van der Waals surface area contributed by atoms with Crippen LogP contribution in [0.4, 0.5) is 4.79 Å². The molecule has 2 aromatic carbocycles. The monoisotopic (exact) mass is 306 g/mol. The highest BCUT2D eigenvalue weighted by atomic mass is 16.2. The first kappa shape index (κ1) is 14.5. The van der Waals surface area contributed by atoms with Crippen molar-refractivity contribution < 1.29 is 4.79 Å². The molecule has 0 aliphatic heterocycles. The van der Waals surface area contributed by atoms with Crippen molar-refractivity contribution in [1.82, 2.24) is 15.3 Å². The number of nitrogens with two attached hydrogens (primary N) is 1. The molecular weight excluding hydrogens is 292 g/mol. The van der Waals surface area contributed by atoms with Crippen LogP contribution in [-0.2, 0) is 0 Å². The number of aromatic amines is 1. The predicted molar refractivity (Wildman–Crippen MR) is 89.4 cm³/mol. The van der Waals surface area contributed by atoms with Crippen molar-refractivity contribution >= 4 is 28.8 Å². The molecule has 23 heavy (non-hydrogen) atoms. The average Bonchev–Trinajstić information content (AvgIpc) is 2.55. The fraction of sp³-hybridized carbons (Fsp3) is 0. The summed E-state index contributed by atoms with van der Waals surface area (Å²) in [5.74, 6) is 0. The van der Waals surface area contributed by atoms with Gasteiger partial charge >= 0.3 is 6.03 Å². The number of carbonyl (C=O) groups excluding carboxylic acids is 1. The lowest BCUT2D eigenvalue weighted by Gasteiger charge is -2.08. The van der Waals surface area contributed by atoms with Gasteiger partial charge in [0.15, 0.2) is 0 Å². The molecule has 0 saturated carbocycles. The van der Waals surface area contributed by atoms with Gasteiger partial charge in [0.1, 0.15) is 5.69 Å². The van der Waals surface area contributed by atoms with Crippen molar-refractivity contribution in [3.05, 3.63) is 76.2 Å². The summed E-state index contributed by atoms with van der Waals surface area (Å²) < 4.78 is 0. The molecule has 4 N–H and O–H groups in total. The number of benzene rings is 2. The SMILES string of the molecule is NC(=O)N/C(=C/c1nc2ccccc2[nH]c1=O)c1ccccc1. The van der Waals surface area contributed by atoms with Crippen LogP contribution in [0.5, 0.6) is 0 Å². The van der Waals surface area contributed by atoms with Crippen LogP contribution in [0.3, 0.4) is 0 Å². The van der Waals surface area contributed by atoms with Gasteiger partial charge in [-0.3, -0.25) is 4.79 Å². The summed E-state index contributed by atoms with van der Waals surface area (Å²) in [5.41, 5.74) is 7.50. The molecule has 0 aliphatic rings. The predicted octanol–water partition coefficient (Wildman–Crippen LogP) is 2.09. The van der Waals surface area contributed by atoms with Gasteiger partial charge in [0.25, 0.3) is 5.56 Å². The molecule has 0 spiro atoms. The quantitative estimate of drug-likeness (QED) is 0.690. The minimum atomic E-state index is -0.711.